The number of aliphatic hydroxyl groups is 1. The summed E-state index contributed by atoms with van der Waals surface area (Å²) in [4.78, 5) is 4.07. The smallest absolute Gasteiger partial charge is 0.119 e. The Morgan fingerprint density at radius 3 is 2.60 bits per heavy atom. The second kappa shape index (κ2) is 7.06. The van der Waals surface area contributed by atoms with E-state index in [2.05, 4.69) is 11.9 Å². The van der Waals surface area contributed by atoms with Gasteiger partial charge < -0.3 is 9.84 Å². The van der Waals surface area contributed by atoms with Gasteiger partial charge in [-0.15, -0.1) is 0 Å². The maximum Gasteiger partial charge on any atom is 0.119 e. The summed E-state index contributed by atoms with van der Waals surface area (Å²) in [6, 6.07) is 9.51. The van der Waals surface area contributed by atoms with Crippen LogP contribution in [0.2, 0.25) is 0 Å². The van der Waals surface area contributed by atoms with E-state index in [1.54, 1.807) is 12.4 Å². The number of aromatic nitrogens is 1. The van der Waals surface area contributed by atoms with Gasteiger partial charge in [-0.3, -0.25) is 4.98 Å². The monoisotopic (exact) mass is 271 g/mol. The average Bonchev–Trinajstić information content (AvgIpc) is 2.48. The molecule has 106 valence electrons. The van der Waals surface area contributed by atoms with Crippen LogP contribution in [-0.2, 0) is 0 Å². The number of rotatable bonds is 6. The van der Waals surface area contributed by atoms with E-state index in [9.17, 15) is 5.11 Å². The third-order valence-electron chi connectivity index (χ3n) is 3.34. The topological polar surface area (TPSA) is 42.4 Å². The third-order valence-corrected chi connectivity index (χ3v) is 3.34. The van der Waals surface area contributed by atoms with Gasteiger partial charge in [0.05, 0.1) is 6.61 Å². The molecule has 0 fully saturated rings. The van der Waals surface area contributed by atoms with E-state index in [1.165, 1.54) is 0 Å². The molecule has 2 rings (SSSR count). The Morgan fingerprint density at radius 1 is 1.20 bits per heavy atom. The van der Waals surface area contributed by atoms with Crippen LogP contribution in [0.4, 0.5) is 0 Å². The fourth-order valence-corrected chi connectivity index (χ4v) is 2.02. The van der Waals surface area contributed by atoms with Crippen LogP contribution in [0, 0.1) is 6.92 Å². The van der Waals surface area contributed by atoms with Crippen molar-refractivity contribution < 1.29 is 9.84 Å². The normalized spacial score (nSPS) is 12.2. The van der Waals surface area contributed by atoms with Gasteiger partial charge in [-0.05, 0) is 42.7 Å². The summed E-state index contributed by atoms with van der Waals surface area (Å²) in [6.45, 7) is 4.85. The molecular weight excluding hydrogens is 250 g/mol. The molecular formula is C17H21NO2. The lowest BCUT2D eigenvalue weighted by Crippen LogP contribution is -2.03. The van der Waals surface area contributed by atoms with E-state index in [0.717, 1.165) is 41.9 Å². The minimum absolute atomic E-state index is 0.645. The van der Waals surface area contributed by atoms with E-state index in [0.29, 0.717) is 0 Å². The number of ether oxygens (including phenoxy) is 1. The number of pyridine rings is 1. The summed E-state index contributed by atoms with van der Waals surface area (Å²) >= 11 is 0. The van der Waals surface area contributed by atoms with Gasteiger partial charge in [0, 0.05) is 18.0 Å². The molecule has 3 nitrogen and oxygen atoms in total. The van der Waals surface area contributed by atoms with Crippen molar-refractivity contribution in [3.8, 4) is 5.75 Å². The minimum atomic E-state index is -0.645. The molecule has 3 heteroatoms. The zero-order chi connectivity index (χ0) is 14.4. The van der Waals surface area contributed by atoms with E-state index >= 15 is 0 Å². The van der Waals surface area contributed by atoms with E-state index < -0.39 is 6.10 Å². The molecule has 0 saturated heterocycles. The van der Waals surface area contributed by atoms with E-state index in [-0.39, 0.29) is 0 Å². The third kappa shape index (κ3) is 3.58. The molecule has 1 aromatic heterocycles. The summed E-state index contributed by atoms with van der Waals surface area (Å²) in [6.07, 6.45) is 4.98. The summed E-state index contributed by atoms with van der Waals surface area (Å²) in [5.74, 6) is 0.845. The molecule has 2 aromatic rings. The van der Waals surface area contributed by atoms with Crippen molar-refractivity contribution in [3.63, 3.8) is 0 Å². The highest BCUT2D eigenvalue weighted by atomic mass is 16.5. The Balaban J connectivity index is 2.08. The first-order valence-electron chi connectivity index (χ1n) is 7.03. The van der Waals surface area contributed by atoms with Crippen LogP contribution < -0.4 is 4.74 Å². The van der Waals surface area contributed by atoms with Gasteiger partial charge >= 0.3 is 0 Å². The zero-order valence-corrected chi connectivity index (χ0v) is 12.0. The van der Waals surface area contributed by atoms with Crippen LogP contribution in [0.15, 0.2) is 42.7 Å². The second-order valence-corrected chi connectivity index (χ2v) is 4.91. The summed E-state index contributed by atoms with van der Waals surface area (Å²) in [5.41, 5.74) is 2.73. The van der Waals surface area contributed by atoms with E-state index in [4.69, 9.17) is 4.74 Å². The molecule has 1 aromatic carbocycles. The Labute approximate surface area is 120 Å². The van der Waals surface area contributed by atoms with Crippen LogP contribution in [0.25, 0.3) is 0 Å². The molecule has 1 N–H and O–H groups in total. The Bertz CT molecular complexity index is 537. The number of nitrogens with zero attached hydrogens (tertiary/aromatic N) is 1. The van der Waals surface area contributed by atoms with Crippen molar-refractivity contribution in [2.24, 2.45) is 0 Å². The van der Waals surface area contributed by atoms with Crippen molar-refractivity contribution in [3.05, 3.63) is 59.4 Å². The Hall–Kier alpha value is -1.87. The van der Waals surface area contributed by atoms with Gasteiger partial charge in [-0.2, -0.15) is 0 Å². The van der Waals surface area contributed by atoms with Gasteiger partial charge in [0.25, 0.3) is 0 Å². The number of hydrogen-bond donors (Lipinski definition) is 1. The fourth-order valence-electron chi connectivity index (χ4n) is 2.02. The minimum Gasteiger partial charge on any atom is -0.494 e. The van der Waals surface area contributed by atoms with Gasteiger partial charge in [-0.25, -0.2) is 0 Å². The summed E-state index contributed by atoms with van der Waals surface area (Å²) in [7, 11) is 0. The first-order valence-corrected chi connectivity index (χ1v) is 7.03. The van der Waals surface area contributed by atoms with Crippen LogP contribution in [-0.4, -0.2) is 16.7 Å². The first kappa shape index (κ1) is 14.5. The first-order chi connectivity index (χ1) is 9.72. The highest BCUT2D eigenvalue weighted by Crippen LogP contribution is 2.25. The number of aryl methyl sites for hydroxylation is 1. The number of benzene rings is 1. The standard InChI is InChI=1S/C17H21NO2/c1-3-4-11-20-15-7-5-14(6-8-15)17(19)16-12-18-10-9-13(16)2/h5-10,12,17,19H,3-4,11H2,1-2H3. The van der Waals surface area contributed by atoms with Gasteiger partial charge in [0.2, 0.25) is 0 Å². The molecule has 1 unspecified atom stereocenters. The molecule has 0 aliphatic carbocycles. The molecule has 1 heterocycles. The predicted octanol–water partition coefficient (Wildman–Crippen LogP) is 3.65. The average molecular weight is 271 g/mol. The summed E-state index contributed by atoms with van der Waals surface area (Å²) < 4.78 is 5.62. The largest absolute Gasteiger partial charge is 0.494 e. The number of unbranched alkanes of at least 4 members (excludes halogenated alkanes) is 1. The van der Waals surface area contributed by atoms with E-state index in [1.807, 2.05) is 37.3 Å². The SMILES string of the molecule is CCCCOc1ccc(C(O)c2cnccc2C)cc1. The molecule has 1 atom stereocenters. The maximum atomic E-state index is 10.4. The van der Waals surface area contributed by atoms with Crippen LogP contribution in [0.3, 0.4) is 0 Å². The van der Waals surface area contributed by atoms with Gasteiger partial charge in [0.15, 0.2) is 0 Å². The lowest BCUT2D eigenvalue weighted by atomic mass is 9.99. The van der Waals surface area contributed by atoms with Crippen molar-refractivity contribution in [1.82, 2.24) is 4.98 Å². The quantitative estimate of drug-likeness (QED) is 0.815. The molecule has 0 spiro atoms. The highest BCUT2D eigenvalue weighted by Gasteiger charge is 2.12. The predicted molar refractivity (Wildman–Crippen MR) is 79.9 cm³/mol. The van der Waals surface area contributed by atoms with Crippen LogP contribution >= 0.6 is 0 Å². The highest BCUT2D eigenvalue weighted by molar-refractivity contribution is 5.35. The number of aliphatic hydroxyl groups excluding tert-OH is 1. The summed E-state index contributed by atoms with van der Waals surface area (Å²) in [5, 5.41) is 10.4. The number of hydrogen-bond acceptors (Lipinski definition) is 3. The lowest BCUT2D eigenvalue weighted by Gasteiger charge is -2.14. The van der Waals surface area contributed by atoms with Crippen molar-refractivity contribution >= 4 is 0 Å². The van der Waals surface area contributed by atoms with Crippen molar-refractivity contribution in [2.75, 3.05) is 6.61 Å². The second-order valence-electron chi connectivity index (χ2n) is 4.91. The van der Waals surface area contributed by atoms with Crippen LogP contribution in [0.5, 0.6) is 5.75 Å². The zero-order valence-electron chi connectivity index (χ0n) is 12.0. The Kier molecular flexibility index (Phi) is 5.13. The van der Waals surface area contributed by atoms with Crippen LogP contribution in [0.1, 0.15) is 42.6 Å². The molecule has 0 saturated carbocycles. The molecule has 20 heavy (non-hydrogen) atoms. The maximum absolute atomic E-state index is 10.4. The van der Waals surface area contributed by atoms with Gasteiger partial charge in [0.1, 0.15) is 11.9 Å². The molecule has 0 radical (unpaired) electrons. The molecule has 0 aliphatic heterocycles. The molecule has 0 amide bonds. The van der Waals surface area contributed by atoms with Gasteiger partial charge in [-0.1, -0.05) is 25.5 Å². The lowest BCUT2D eigenvalue weighted by molar-refractivity contribution is 0.219. The Morgan fingerprint density at radius 2 is 1.95 bits per heavy atom. The molecule has 0 bridgehead atoms. The van der Waals surface area contributed by atoms with Crippen molar-refractivity contribution in [2.45, 2.75) is 32.8 Å². The van der Waals surface area contributed by atoms with Crippen molar-refractivity contribution in [1.29, 1.82) is 0 Å². The fraction of sp³-hybridized carbons (Fsp3) is 0.353. The molecule has 0 aliphatic rings.